The lowest BCUT2D eigenvalue weighted by molar-refractivity contribution is 0.0748. The van der Waals surface area contributed by atoms with Crippen LogP contribution in [0.3, 0.4) is 0 Å². The van der Waals surface area contributed by atoms with Crippen LogP contribution in [0, 0.1) is 0 Å². The molecular formula is C18H20N4O5. The van der Waals surface area contributed by atoms with Crippen LogP contribution in [0.5, 0.6) is 11.5 Å². The number of nitrogens with zero attached hydrogens (tertiary/aromatic N) is 3. The molecular weight excluding hydrogens is 352 g/mol. The number of aromatic nitrogens is 3. The van der Waals surface area contributed by atoms with E-state index in [2.05, 4.69) is 15.4 Å². The smallest absolute Gasteiger partial charge is 0.276 e. The van der Waals surface area contributed by atoms with Gasteiger partial charge in [0.2, 0.25) is 11.8 Å². The van der Waals surface area contributed by atoms with Crippen LogP contribution >= 0.6 is 0 Å². The third-order valence-corrected chi connectivity index (χ3v) is 3.75. The molecule has 0 saturated heterocycles. The van der Waals surface area contributed by atoms with Gasteiger partial charge in [0.05, 0.1) is 20.5 Å². The Morgan fingerprint density at radius 1 is 1.19 bits per heavy atom. The first kappa shape index (κ1) is 18.5. The van der Waals surface area contributed by atoms with E-state index in [1.54, 1.807) is 26.4 Å². The number of anilines is 1. The largest absolute Gasteiger partial charge is 0.493 e. The molecule has 142 valence electrons. The number of ether oxygens (including phenoxy) is 3. The van der Waals surface area contributed by atoms with Crippen LogP contribution < -0.4 is 14.8 Å². The second-order valence-corrected chi connectivity index (χ2v) is 5.52. The molecule has 3 aromatic rings. The van der Waals surface area contributed by atoms with Gasteiger partial charge in [0.1, 0.15) is 6.61 Å². The average molecular weight is 372 g/mol. The lowest BCUT2D eigenvalue weighted by atomic mass is 10.2. The van der Waals surface area contributed by atoms with Crippen molar-refractivity contribution < 1.29 is 23.4 Å². The van der Waals surface area contributed by atoms with Crippen LogP contribution in [0.4, 0.5) is 5.95 Å². The Hall–Kier alpha value is -3.33. The van der Waals surface area contributed by atoms with Gasteiger partial charge in [0.15, 0.2) is 17.3 Å². The molecule has 0 spiro atoms. The molecule has 0 saturated carbocycles. The van der Waals surface area contributed by atoms with Gasteiger partial charge in [-0.15, -0.1) is 5.10 Å². The maximum Gasteiger partial charge on any atom is 0.276 e. The second kappa shape index (κ2) is 8.37. The molecule has 9 nitrogen and oxygen atoms in total. The molecule has 1 aromatic carbocycles. The zero-order valence-corrected chi connectivity index (χ0v) is 15.3. The summed E-state index contributed by atoms with van der Waals surface area (Å²) in [6.45, 7) is 0.281. The highest BCUT2D eigenvalue weighted by atomic mass is 16.5. The quantitative estimate of drug-likeness (QED) is 0.643. The number of benzene rings is 1. The third-order valence-electron chi connectivity index (χ3n) is 3.75. The van der Waals surface area contributed by atoms with Gasteiger partial charge < -0.3 is 23.9 Å². The van der Waals surface area contributed by atoms with Crippen LogP contribution in [-0.2, 0) is 11.3 Å². The van der Waals surface area contributed by atoms with Crippen LogP contribution in [0.25, 0.3) is 11.6 Å². The SMILES string of the molecule is COCC(=O)n1nc(-c2ccco2)nc1NCc1ccc(OC)c(OC)c1. The van der Waals surface area contributed by atoms with Gasteiger partial charge in [-0.3, -0.25) is 4.79 Å². The Morgan fingerprint density at radius 3 is 2.67 bits per heavy atom. The molecule has 0 unspecified atom stereocenters. The summed E-state index contributed by atoms with van der Waals surface area (Å²) in [5.74, 6) is 1.97. The summed E-state index contributed by atoms with van der Waals surface area (Å²) < 4.78 is 21.9. The molecule has 2 heterocycles. The van der Waals surface area contributed by atoms with E-state index in [-0.39, 0.29) is 12.5 Å². The maximum absolute atomic E-state index is 12.3. The van der Waals surface area contributed by atoms with Crippen molar-refractivity contribution in [1.82, 2.24) is 14.8 Å². The van der Waals surface area contributed by atoms with Crippen molar-refractivity contribution in [2.75, 3.05) is 33.3 Å². The number of carbonyl (C=O) groups excluding carboxylic acids is 1. The Morgan fingerprint density at radius 2 is 2.00 bits per heavy atom. The van der Waals surface area contributed by atoms with E-state index < -0.39 is 0 Å². The zero-order valence-electron chi connectivity index (χ0n) is 15.3. The van der Waals surface area contributed by atoms with Crippen molar-refractivity contribution in [3.05, 3.63) is 42.2 Å². The maximum atomic E-state index is 12.3. The first-order chi connectivity index (χ1) is 13.2. The van der Waals surface area contributed by atoms with E-state index in [9.17, 15) is 4.79 Å². The molecule has 0 aliphatic carbocycles. The number of methoxy groups -OCH3 is 3. The average Bonchev–Trinajstić information content (AvgIpc) is 3.35. The van der Waals surface area contributed by atoms with E-state index in [1.165, 1.54) is 18.1 Å². The molecule has 0 fully saturated rings. The van der Waals surface area contributed by atoms with E-state index in [4.69, 9.17) is 18.6 Å². The monoisotopic (exact) mass is 372 g/mol. The van der Waals surface area contributed by atoms with Crippen molar-refractivity contribution in [3.63, 3.8) is 0 Å². The fraction of sp³-hybridized carbons (Fsp3) is 0.278. The van der Waals surface area contributed by atoms with Crippen LogP contribution in [0.2, 0.25) is 0 Å². The molecule has 1 N–H and O–H groups in total. The minimum absolute atomic E-state index is 0.119. The molecule has 27 heavy (non-hydrogen) atoms. The summed E-state index contributed by atoms with van der Waals surface area (Å²) in [7, 11) is 4.60. The highest BCUT2D eigenvalue weighted by Gasteiger charge is 2.18. The number of hydrogen-bond donors (Lipinski definition) is 1. The Bertz CT molecular complexity index is 905. The van der Waals surface area contributed by atoms with Gasteiger partial charge in [0.25, 0.3) is 5.91 Å². The second-order valence-electron chi connectivity index (χ2n) is 5.52. The van der Waals surface area contributed by atoms with Gasteiger partial charge in [-0.25, -0.2) is 0 Å². The Kier molecular flexibility index (Phi) is 5.72. The Balaban J connectivity index is 1.84. The van der Waals surface area contributed by atoms with Crippen LogP contribution in [-0.4, -0.2) is 48.6 Å². The fourth-order valence-electron chi connectivity index (χ4n) is 2.47. The van der Waals surface area contributed by atoms with Crippen molar-refractivity contribution >= 4 is 11.9 Å². The lowest BCUT2D eigenvalue weighted by Crippen LogP contribution is -2.20. The normalized spacial score (nSPS) is 10.6. The van der Waals surface area contributed by atoms with Crippen molar-refractivity contribution in [2.45, 2.75) is 6.54 Å². The molecule has 0 atom stereocenters. The number of carbonyl (C=O) groups is 1. The minimum Gasteiger partial charge on any atom is -0.493 e. The number of furan rings is 1. The molecule has 0 amide bonds. The van der Waals surface area contributed by atoms with E-state index >= 15 is 0 Å². The predicted octanol–water partition coefficient (Wildman–Crippen LogP) is 2.45. The molecule has 0 radical (unpaired) electrons. The van der Waals surface area contributed by atoms with E-state index in [0.717, 1.165) is 5.56 Å². The van der Waals surface area contributed by atoms with Gasteiger partial charge in [-0.2, -0.15) is 9.67 Å². The number of hydrogen-bond acceptors (Lipinski definition) is 8. The summed E-state index contributed by atoms with van der Waals surface area (Å²) in [4.78, 5) is 16.6. The molecule has 2 aromatic heterocycles. The highest BCUT2D eigenvalue weighted by molar-refractivity contribution is 5.82. The van der Waals surface area contributed by atoms with E-state index in [0.29, 0.717) is 35.6 Å². The van der Waals surface area contributed by atoms with Gasteiger partial charge >= 0.3 is 0 Å². The van der Waals surface area contributed by atoms with Crippen LogP contribution in [0.1, 0.15) is 10.4 Å². The van der Waals surface area contributed by atoms with Gasteiger partial charge in [0, 0.05) is 13.7 Å². The summed E-state index contributed by atoms with van der Waals surface area (Å²) >= 11 is 0. The first-order valence-corrected chi connectivity index (χ1v) is 8.14. The predicted molar refractivity (Wildman–Crippen MR) is 97.1 cm³/mol. The minimum atomic E-state index is -0.349. The zero-order chi connectivity index (χ0) is 19.2. The van der Waals surface area contributed by atoms with Gasteiger partial charge in [-0.05, 0) is 29.8 Å². The summed E-state index contributed by atoms with van der Waals surface area (Å²) in [6, 6.07) is 8.99. The van der Waals surface area contributed by atoms with Gasteiger partial charge in [-0.1, -0.05) is 6.07 Å². The fourth-order valence-corrected chi connectivity index (χ4v) is 2.47. The molecule has 0 aliphatic heterocycles. The number of rotatable bonds is 8. The van der Waals surface area contributed by atoms with E-state index in [1.807, 2.05) is 18.2 Å². The summed E-state index contributed by atoms with van der Waals surface area (Å²) in [5, 5.41) is 7.33. The van der Waals surface area contributed by atoms with Crippen molar-refractivity contribution in [2.24, 2.45) is 0 Å². The molecule has 0 bridgehead atoms. The molecule has 9 heteroatoms. The summed E-state index contributed by atoms with van der Waals surface area (Å²) in [5.41, 5.74) is 0.918. The summed E-state index contributed by atoms with van der Waals surface area (Å²) in [6.07, 6.45) is 1.52. The van der Waals surface area contributed by atoms with Crippen molar-refractivity contribution in [1.29, 1.82) is 0 Å². The Labute approximate surface area is 155 Å². The lowest BCUT2D eigenvalue weighted by Gasteiger charge is -2.10. The first-order valence-electron chi connectivity index (χ1n) is 8.14. The highest BCUT2D eigenvalue weighted by Crippen LogP contribution is 2.28. The molecule has 3 rings (SSSR count). The van der Waals surface area contributed by atoms with Crippen molar-refractivity contribution in [3.8, 4) is 23.1 Å². The molecule has 0 aliphatic rings. The third kappa shape index (κ3) is 4.09. The number of nitrogens with one attached hydrogen (secondary N) is 1. The topological polar surface area (TPSA) is 101 Å². The standard InChI is InChI=1S/C18H20N4O5/c1-24-11-16(23)22-18(20-17(21-22)14-5-4-8-27-14)19-10-12-6-7-13(25-2)15(9-12)26-3/h4-9H,10-11H2,1-3H3,(H,19,20,21). The van der Waals surface area contributed by atoms with Crippen LogP contribution in [0.15, 0.2) is 41.0 Å².